The van der Waals surface area contributed by atoms with Gasteiger partial charge in [-0.3, -0.25) is 0 Å². The van der Waals surface area contributed by atoms with Gasteiger partial charge in [0.2, 0.25) is 0 Å². The van der Waals surface area contributed by atoms with Crippen LogP contribution in [0, 0.1) is 17.2 Å². The summed E-state index contributed by atoms with van der Waals surface area (Å²) in [4.78, 5) is 9.57. The van der Waals surface area contributed by atoms with Gasteiger partial charge in [-0.15, -0.1) is 0 Å². The van der Waals surface area contributed by atoms with Crippen LogP contribution in [0.25, 0.3) is 0 Å². The first-order valence-corrected chi connectivity index (χ1v) is 8.67. The Morgan fingerprint density at radius 1 is 1.36 bits per heavy atom. The predicted octanol–water partition coefficient (Wildman–Crippen LogP) is 3.12. The monoisotopic (exact) mass is 337 g/mol. The highest BCUT2D eigenvalue weighted by Crippen LogP contribution is 2.31. The lowest BCUT2D eigenvalue weighted by atomic mass is 10.1. The van der Waals surface area contributed by atoms with E-state index in [0.29, 0.717) is 19.1 Å². The standard InChI is InChI=1S/C16H17N3O.C4H6O/c1-18-16-14(9-17)13-7-8-20-11-15(13)19(16)10-12-5-3-2-4-6-12;5-3-4-1-2-4/h2-6,18H,7-8,10-11H2,1H3;3-4H,1-2H2. The van der Waals surface area contributed by atoms with Crippen molar-refractivity contribution in [3.05, 3.63) is 52.7 Å². The number of aromatic nitrogens is 1. The van der Waals surface area contributed by atoms with Gasteiger partial charge < -0.3 is 19.4 Å². The molecule has 0 unspecified atom stereocenters. The molecule has 1 N–H and O–H groups in total. The Hall–Kier alpha value is -2.58. The summed E-state index contributed by atoms with van der Waals surface area (Å²) in [5.74, 6) is 1.35. The number of hydrogen-bond donors (Lipinski definition) is 1. The summed E-state index contributed by atoms with van der Waals surface area (Å²) >= 11 is 0. The SMILES string of the molecule is CNc1c(C#N)c2c(n1Cc1ccccc1)COCC2.O=CC1CC1. The molecule has 1 fully saturated rings. The zero-order chi connectivity index (χ0) is 17.6. The van der Waals surface area contributed by atoms with Crippen molar-refractivity contribution < 1.29 is 9.53 Å². The van der Waals surface area contributed by atoms with Crippen molar-refractivity contribution in [1.82, 2.24) is 4.57 Å². The number of nitrogens with one attached hydrogen (secondary N) is 1. The minimum atomic E-state index is 0.454. The summed E-state index contributed by atoms with van der Waals surface area (Å²) in [5, 5.41) is 12.6. The van der Waals surface area contributed by atoms with Gasteiger partial charge in [-0.25, -0.2) is 0 Å². The van der Waals surface area contributed by atoms with Crippen LogP contribution in [0.3, 0.4) is 0 Å². The number of nitrogens with zero attached hydrogens (tertiary/aromatic N) is 2. The molecular formula is C20H23N3O2. The highest BCUT2D eigenvalue weighted by molar-refractivity contribution is 5.61. The molecule has 1 aliphatic heterocycles. The molecular weight excluding hydrogens is 314 g/mol. The van der Waals surface area contributed by atoms with Crippen molar-refractivity contribution in [2.45, 2.75) is 32.4 Å². The average molecular weight is 337 g/mol. The third kappa shape index (κ3) is 3.92. The molecule has 0 amide bonds. The molecule has 1 saturated carbocycles. The second-order valence-electron chi connectivity index (χ2n) is 6.36. The third-order valence-electron chi connectivity index (χ3n) is 4.56. The topological polar surface area (TPSA) is 67.1 Å². The van der Waals surface area contributed by atoms with Crippen LogP contribution in [0.4, 0.5) is 5.82 Å². The number of anilines is 1. The Kier molecular flexibility index (Phi) is 5.52. The number of fused-ring (bicyclic) bond motifs is 1. The van der Waals surface area contributed by atoms with Gasteiger partial charge in [0.25, 0.3) is 0 Å². The van der Waals surface area contributed by atoms with Crippen LogP contribution in [-0.2, 0) is 29.1 Å². The van der Waals surface area contributed by atoms with Crippen LogP contribution in [0.1, 0.15) is 35.2 Å². The Bertz CT molecular complexity index is 770. The largest absolute Gasteiger partial charge is 0.375 e. The lowest BCUT2D eigenvalue weighted by Gasteiger charge is -2.17. The van der Waals surface area contributed by atoms with Gasteiger partial charge in [0, 0.05) is 19.5 Å². The van der Waals surface area contributed by atoms with Crippen LogP contribution >= 0.6 is 0 Å². The van der Waals surface area contributed by atoms with E-state index in [1.165, 1.54) is 5.56 Å². The molecule has 2 heterocycles. The highest BCUT2D eigenvalue weighted by atomic mass is 16.5. The van der Waals surface area contributed by atoms with Gasteiger partial charge in [0.1, 0.15) is 18.2 Å². The zero-order valence-electron chi connectivity index (χ0n) is 14.5. The number of carbonyl (C=O) groups is 1. The van der Waals surface area contributed by atoms with E-state index >= 15 is 0 Å². The van der Waals surface area contributed by atoms with Crippen molar-refractivity contribution in [2.24, 2.45) is 5.92 Å². The van der Waals surface area contributed by atoms with E-state index in [0.717, 1.165) is 54.7 Å². The number of aldehydes is 1. The van der Waals surface area contributed by atoms with Crippen LogP contribution in [0.5, 0.6) is 0 Å². The molecule has 0 spiro atoms. The first-order chi connectivity index (χ1) is 12.3. The summed E-state index contributed by atoms with van der Waals surface area (Å²) in [6, 6.07) is 12.6. The predicted molar refractivity (Wildman–Crippen MR) is 96.4 cm³/mol. The van der Waals surface area contributed by atoms with Gasteiger partial charge in [-0.2, -0.15) is 5.26 Å². The quantitative estimate of drug-likeness (QED) is 0.871. The minimum Gasteiger partial charge on any atom is -0.375 e. The molecule has 4 rings (SSSR count). The Morgan fingerprint density at radius 2 is 2.12 bits per heavy atom. The molecule has 0 saturated heterocycles. The number of hydrogen-bond acceptors (Lipinski definition) is 4. The molecule has 2 aromatic rings. The molecule has 0 atom stereocenters. The van der Waals surface area contributed by atoms with E-state index in [1.807, 2.05) is 25.2 Å². The maximum Gasteiger partial charge on any atom is 0.124 e. The molecule has 0 radical (unpaired) electrons. The second kappa shape index (κ2) is 8.00. The van der Waals surface area contributed by atoms with Gasteiger partial charge in [0.15, 0.2) is 0 Å². The van der Waals surface area contributed by atoms with E-state index < -0.39 is 0 Å². The molecule has 1 aliphatic carbocycles. The van der Waals surface area contributed by atoms with Gasteiger partial charge in [0.05, 0.1) is 24.5 Å². The van der Waals surface area contributed by atoms with E-state index in [1.54, 1.807) is 0 Å². The van der Waals surface area contributed by atoms with E-state index in [4.69, 9.17) is 4.74 Å². The summed E-state index contributed by atoms with van der Waals surface area (Å²) in [5.41, 5.74) is 4.25. The van der Waals surface area contributed by atoms with Crippen LogP contribution in [-0.4, -0.2) is 24.5 Å². The molecule has 5 heteroatoms. The second-order valence-corrected chi connectivity index (χ2v) is 6.36. The highest BCUT2D eigenvalue weighted by Gasteiger charge is 2.24. The number of carbonyl (C=O) groups excluding carboxylic acids is 1. The van der Waals surface area contributed by atoms with Crippen molar-refractivity contribution in [3.8, 4) is 6.07 Å². The summed E-state index contributed by atoms with van der Waals surface area (Å²) in [6.45, 7) is 2.03. The molecule has 2 aliphatic rings. The fraction of sp³-hybridized carbons (Fsp3) is 0.400. The summed E-state index contributed by atoms with van der Waals surface area (Å²) < 4.78 is 7.74. The van der Waals surface area contributed by atoms with Crippen molar-refractivity contribution in [2.75, 3.05) is 19.0 Å². The molecule has 5 nitrogen and oxygen atoms in total. The van der Waals surface area contributed by atoms with Gasteiger partial charge in [-0.05, 0) is 30.4 Å². The normalized spacial score (nSPS) is 15.4. The number of benzene rings is 1. The number of rotatable bonds is 4. The van der Waals surface area contributed by atoms with Crippen molar-refractivity contribution in [1.29, 1.82) is 5.26 Å². The van der Waals surface area contributed by atoms with Crippen LogP contribution < -0.4 is 5.32 Å². The Balaban J connectivity index is 0.000000314. The van der Waals surface area contributed by atoms with Gasteiger partial charge in [-0.1, -0.05) is 30.3 Å². The molecule has 1 aromatic heterocycles. The molecule has 25 heavy (non-hydrogen) atoms. The van der Waals surface area contributed by atoms with Gasteiger partial charge >= 0.3 is 0 Å². The first-order valence-electron chi connectivity index (χ1n) is 8.67. The maximum absolute atomic E-state index is 9.57. The fourth-order valence-electron chi connectivity index (χ4n) is 3.05. The lowest BCUT2D eigenvalue weighted by molar-refractivity contribution is -0.108. The first kappa shape index (κ1) is 17.2. The summed E-state index contributed by atoms with van der Waals surface area (Å²) in [6.07, 6.45) is 4.13. The number of ether oxygens (including phenoxy) is 1. The van der Waals surface area contributed by atoms with Crippen molar-refractivity contribution >= 4 is 12.1 Å². The fourth-order valence-corrected chi connectivity index (χ4v) is 3.05. The molecule has 0 bridgehead atoms. The smallest absolute Gasteiger partial charge is 0.124 e. The zero-order valence-corrected chi connectivity index (χ0v) is 14.5. The Morgan fingerprint density at radius 3 is 2.68 bits per heavy atom. The molecule has 130 valence electrons. The van der Waals surface area contributed by atoms with Crippen LogP contribution in [0.2, 0.25) is 0 Å². The van der Waals surface area contributed by atoms with E-state index in [2.05, 4.69) is 28.1 Å². The summed E-state index contributed by atoms with van der Waals surface area (Å²) in [7, 11) is 1.87. The van der Waals surface area contributed by atoms with Crippen LogP contribution in [0.15, 0.2) is 30.3 Å². The lowest BCUT2D eigenvalue weighted by Crippen LogP contribution is -2.14. The number of nitriles is 1. The van der Waals surface area contributed by atoms with E-state index in [9.17, 15) is 10.1 Å². The van der Waals surface area contributed by atoms with E-state index in [-0.39, 0.29) is 0 Å². The Labute approximate surface area is 148 Å². The maximum atomic E-state index is 9.57. The third-order valence-corrected chi connectivity index (χ3v) is 4.56. The molecule has 1 aromatic carbocycles. The minimum absolute atomic E-state index is 0.454. The van der Waals surface area contributed by atoms with Crippen molar-refractivity contribution in [3.63, 3.8) is 0 Å². The average Bonchev–Trinajstić information content (AvgIpc) is 3.46.